The van der Waals surface area contributed by atoms with Gasteiger partial charge in [-0.3, -0.25) is 4.57 Å². The summed E-state index contributed by atoms with van der Waals surface area (Å²) in [6, 6.07) is 2.81. The molecule has 1 rings (SSSR count). The largest absolute Gasteiger partial charge is 0.507 e. The van der Waals surface area contributed by atoms with Crippen molar-refractivity contribution in [3.8, 4) is 5.75 Å². The minimum Gasteiger partial charge on any atom is -0.507 e. The fourth-order valence-corrected chi connectivity index (χ4v) is 2.67. The molecular weight excluding hydrogens is 273 g/mol. The molecule has 0 saturated carbocycles. The molecule has 0 aliphatic rings. The Labute approximate surface area is 91.2 Å². The molecule has 0 bridgehead atoms. The van der Waals surface area contributed by atoms with Crippen LogP contribution in [0.5, 0.6) is 5.75 Å². The zero-order valence-corrected chi connectivity index (χ0v) is 8.77. The molecule has 0 spiro atoms. The second-order valence-electron chi connectivity index (χ2n) is 3.03. The van der Waals surface area contributed by atoms with E-state index in [2.05, 4.69) is 0 Å². The molecular formula is C8H5F6O2P. The molecule has 2 nitrogen and oxygen atoms in total. The van der Waals surface area contributed by atoms with Crippen LogP contribution in [0.3, 0.4) is 0 Å². The normalized spacial score (nSPS) is 13.8. The highest BCUT2D eigenvalue weighted by Crippen LogP contribution is 2.71. The van der Waals surface area contributed by atoms with Gasteiger partial charge in [0.25, 0.3) is 0 Å². The van der Waals surface area contributed by atoms with Crippen molar-refractivity contribution in [1.29, 1.82) is 0 Å². The Balaban J connectivity index is 3.59. The predicted molar refractivity (Wildman–Crippen MR) is 47.5 cm³/mol. The minimum absolute atomic E-state index is 0.344. The number of para-hydroxylation sites is 1. The zero-order chi connectivity index (χ0) is 13.5. The Morgan fingerprint density at radius 3 is 1.71 bits per heavy atom. The number of hydrogen-bond acceptors (Lipinski definition) is 2. The molecule has 0 aromatic heterocycles. The van der Waals surface area contributed by atoms with Crippen LogP contribution in [-0.2, 0) is 4.57 Å². The van der Waals surface area contributed by atoms with Crippen LogP contribution >= 0.6 is 7.14 Å². The summed E-state index contributed by atoms with van der Waals surface area (Å²) < 4.78 is 85.5. The van der Waals surface area contributed by atoms with Crippen LogP contribution in [0.4, 0.5) is 26.3 Å². The van der Waals surface area contributed by atoms with Crippen LogP contribution in [0.25, 0.3) is 0 Å². The van der Waals surface area contributed by atoms with E-state index in [-0.39, 0.29) is 0 Å². The summed E-state index contributed by atoms with van der Waals surface area (Å²) in [5.41, 5.74) is 0. The molecule has 0 saturated heterocycles. The van der Waals surface area contributed by atoms with Crippen LogP contribution in [0.15, 0.2) is 24.3 Å². The van der Waals surface area contributed by atoms with Gasteiger partial charge < -0.3 is 5.11 Å². The van der Waals surface area contributed by atoms with E-state index in [9.17, 15) is 30.9 Å². The standard InChI is InChI=1S/C8H5F6O2P/c9-7(10,11)17(16,8(12,13)14)6-4-2-1-3-5(6)15/h1-4,15H. The molecule has 1 aromatic rings. The molecule has 0 aliphatic carbocycles. The fraction of sp³-hybridized carbons (Fsp3) is 0.250. The lowest BCUT2D eigenvalue weighted by molar-refractivity contribution is -0.0914. The lowest BCUT2D eigenvalue weighted by Crippen LogP contribution is -2.30. The van der Waals surface area contributed by atoms with Gasteiger partial charge in [0.1, 0.15) is 5.75 Å². The maximum atomic E-state index is 12.4. The van der Waals surface area contributed by atoms with Gasteiger partial charge >= 0.3 is 19.0 Å². The molecule has 0 atom stereocenters. The Kier molecular flexibility index (Phi) is 3.22. The first-order valence-corrected chi connectivity index (χ1v) is 5.75. The Morgan fingerprint density at radius 2 is 1.35 bits per heavy atom. The molecule has 0 fully saturated rings. The molecule has 0 radical (unpaired) electrons. The van der Waals surface area contributed by atoms with Gasteiger partial charge in [-0.15, -0.1) is 0 Å². The van der Waals surface area contributed by atoms with Crippen LogP contribution in [0.1, 0.15) is 0 Å². The highest BCUT2D eigenvalue weighted by Gasteiger charge is 2.69. The van der Waals surface area contributed by atoms with Gasteiger partial charge in [0.15, 0.2) is 0 Å². The van der Waals surface area contributed by atoms with E-state index in [1.807, 2.05) is 0 Å². The van der Waals surface area contributed by atoms with Crippen molar-refractivity contribution >= 4 is 12.4 Å². The van der Waals surface area contributed by atoms with Crippen molar-refractivity contribution in [2.24, 2.45) is 0 Å². The van der Waals surface area contributed by atoms with Gasteiger partial charge in [-0.05, 0) is 12.1 Å². The lowest BCUT2D eigenvalue weighted by atomic mass is 10.3. The average Bonchev–Trinajstić information content (AvgIpc) is 2.13. The summed E-state index contributed by atoms with van der Waals surface area (Å²) >= 11 is 0. The van der Waals surface area contributed by atoms with Gasteiger partial charge in [0.05, 0.1) is 5.30 Å². The molecule has 0 amide bonds. The van der Waals surface area contributed by atoms with E-state index in [0.29, 0.717) is 12.1 Å². The average molecular weight is 278 g/mol. The first kappa shape index (κ1) is 13.9. The van der Waals surface area contributed by atoms with E-state index < -0.39 is 30.0 Å². The SMILES string of the molecule is O=P(c1ccccc1O)(C(F)(F)F)C(F)(F)F. The molecule has 17 heavy (non-hydrogen) atoms. The van der Waals surface area contributed by atoms with E-state index >= 15 is 0 Å². The van der Waals surface area contributed by atoms with Crippen LogP contribution in [0.2, 0.25) is 0 Å². The third-order valence-electron chi connectivity index (χ3n) is 1.94. The Bertz CT molecular complexity index is 446. The van der Waals surface area contributed by atoms with E-state index in [4.69, 9.17) is 5.11 Å². The first-order chi connectivity index (χ1) is 7.52. The van der Waals surface area contributed by atoms with Crippen molar-refractivity contribution in [1.82, 2.24) is 0 Å². The van der Waals surface area contributed by atoms with Crippen molar-refractivity contribution in [2.45, 2.75) is 11.8 Å². The number of phenolic OH excluding ortho intramolecular Hbond substituents is 1. The molecule has 0 unspecified atom stereocenters. The maximum Gasteiger partial charge on any atom is 0.453 e. The monoisotopic (exact) mass is 278 g/mol. The van der Waals surface area contributed by atoms with Crippen LogP contribution < -0.4 is 5.30 Å². The first-order valence-electron chi connectivity index (χ1n) is 4.04. The number of alkyl halides is 6. The van der Waals surface area contributed by atoms with Gasteiger partial charge in [0.2, 0.25) is 0 Å². The smallest absolute Gasteiger partial charge is 0.453 e. The lowest BCUT2D eigenvalue weighted by Gasteiger charge is -2.24. The van der Waals surface area contributed by atoms with Gasteiger partial charge in [-0.1, -0.05) is 12.1 Å². The summed E-state index contributed by atoms with van der Waals surface area (Å²) in [5.74, 6) is -13.3. The Hall–Kier alpha value is -1.17. The van der Waals surface area contributed by atoms with Crippen LogP contribution in [-0.4, -0.2) is 16.9 Å². The van der Waals surface area contributed by atoms with Gasteiger partial charge in [-0.2, -0.15) is 26.3 Å². The van der Waals surface area contributed by atoms with E-state index in [0.717, 1.165) is 12.1 Å². The summed E-state index contributed by atoms with van der Waals surface area (Å²) in [5, 5.41) is 7.35. The molecule has 0 heterocycles. The topological polar surface area (TPSA) is 37.3 Å². The van der Waals surface area contributed by atoms with Crippen molar-refractivity contribution in [3.63, 3.8) is 0 Å². The molecule has 1 aromatic carbocycles. The van der Waals surface area contributed by atoms with Crippen molar-refractivity contribution < 1.29 is 36.0 Å². The number of phenols is 1. The van der Waals surface area contributed by atoms with Gasteiger partial charge in [-0.25, -0.2) is 0 Å². The summed E-state index contributed by atoms with van der Waals surface area (Å²) in [6.07, 6.45) is 0. The molecule has 1 N–H and O–H groups in total. The highest BCUT2D eigenvalue weighted by molar-refractivity contribution is 7.73. The number of aromatic hydroxyl groups is 1. The zero-order valence-electron chi connectivity index (χ0n) is 7.88. The third-order valence-corrected chi connectivity index (χ3v) is 4.42. The second kappa shape index (κ2) is 3.94. The second-order valence-corrected chi connectivity index (χ2v) is 5.75. The quantitative estimate of drug-likeness (QED) is 0.631. The minimum atomic E-state index is -6.73. The molecule has 9 heteroatoms. The number of halogens is 6. The number of rotatable bonds is 1. The third kappa shape index (κ3) is 2.13. The summed E-state index contributed by atoms with van der Waals surface area (Å²) in [7, 11) is -6.73. The predicted octanol–water partition coefficient (Wildman–Crippen LogP) is 3.42. The molecule has 0 aliphatic heterocycles. The Morgan fingerprint density at radius 1 is 0.941 bits per heavy atom. The fourth-order valence-electron chi connectivity index (χ4n) is 1.15. The maximum absolute atomic E-state index is 12.4. The number of hydrogen-bond donors (Lipinski definition) is 1. The summed E-state index contributed by atoms with van der Waals surface area (Å²) in [4.78, 5) is 0. The van der Waals surface area contributed by atoms with Crippen molar-refractivity contribution in [2.75, 3.05) is 0 Å². The highest BCUT2D eigenvalue weighted by atomic mass is 31.2. The van der Waals surface area contributed by atoms with Gasteiger partial charge in [0, 0.05) is 0 Å². The van der Waals surface area contributed by atoms with E-state index in [1.165, 1.54) is 0 Å². The van der Waals surface area contributed by atoms with Crippen LogP contribution in [0, 0.1) is 0 Å². The number of benzene rings is 1. The van der Waals surface area contributed by atoms with E-state index in [1.54, 1.807) is 0 Å². The summed E-state index contributed by atoms with van der Waals surface area (Å²) in [6.45, 7) is 0. The van der Waals surface area contributed by atoms with Crippen molar-refractivity contribution in [3.05, 3.63) is 24.3 Å². The molecule has 96 valence electrons.